The lowest BCUT2D eigenvalue weighted by molar-refractivity contribution is -0.113. The van der Waals surface area contributed by atoms with E-state index in [4.69, 9.17) is 5.73 Å². The minimum Gasteiger partial charge on any atom is -0.399 e. The van der Waals surface area contributed by atoms with Crippen LogP contribution in [0.1, 0.15) is 0 Å². The van der Waals surface area contributed by atoms with E-state index in [1.165, 1.54) is 11.8 Å². The van der Waals surface area contributed by atoms with Crippen molar-refractivity contribution in [2.24, 2.45) is 0 Å². The van der Waals surface area contributed by atoms with Crippen molar-refractivity contribution in [3.8, 4) is 0 Å². The second-order valence-corrected chi connectivity index (χ2v) is 5.08. The molecule has 2 rings (SSSR count). The number of carbonyl (C=O) groups excluding carboxylic acids is 1. The molecule has 6 heteroatoms. The Labute approximate surface area is 119 Å². The van der Waals surface area contributed by atoms with Crippen molar-refractivity contribution in [2.75, 3.05) is 16.8 Å². The Morgan fingerprint density at radius 3 is 2.75 bits per heavy atom. The SMILES string of the molecule is Nc1cccc(SCC(=O)Nc2cc(F)ccc2F)c1. The molecular weight excluding hydrogens is 282 g/mol. The molecule has 0 atom stereocenters. The fourth-order valence-corrected chi connectivity index (χ4v) is 2.30. The highest BCUT2D eigenvalue weighted by molar-refractivity contribution is 8.00. The smallest absolute Gasteiger partial charge is 0.234 e. The molecule has 0 aromatic heterocycles. The van der Waals surface area contributed by atoms with Gasteiger partial charge in [-0.05, 0) is 30.3 Å². The summed E-state index contributed by atoms with van der Waals surface area (Å²) in [7, 11) is 0. The topological polar surface area (TPSA) is 55.1 Å². The Balaban J connectivity index is 1.94. The van der Waals surface area contributed by atoms with E-state index in [2.05, 4.69) is 5.32 Å². The Kier molecular flexibility index (Phi) is 4.57. The first-order valence-corrected chi connectivity index (χ1v) is 6.76. The minimum atomic E-state index is -0.672. The van der Waals surface area contributed by atoms with Crippen LogP contribution in [0.3, 0.4) is 0 Å². The lowest BCUT2D eigenvalue weighted by atomic mass is 10.3. The van der Waals surface area contributed by atoms with Crippen LogP contribution in [0.15, 0.2) is 47.4 Å². The van der Waals surface area contributed by atoms with Gasteiger partial charge in [0, 0.05) is 16.6 Å². The van der Waals surface area contributed by atoms with E-state index >= 15 is 0 Å². The number of thioether (sulfide) groups is 1. The highest BCUT2D eigenvalue weighted by Crippen LogP contribution is 2.21. The summed E-state index contributed by atoms with van der Waals surface area (Å²) in [5.41, 5.74) is 6.06. The second-order valence-electron chi connectivity index (χ2n) is 4.03. The predicted molar refractivity (Wildman–Crippen MR) is 76.6 cm³/mol. The number of halogens is 2. The highest BCUT2D eigenvalue weighted by atomic mass is 32.2. The highest BCUT2D eigenvalue weighted by Gasteiger charge is 2.08. The first-order chi connectivity index (χ1) is 9.54. The van der Waals surface area contributed by atoms with E-state index in [-0.39, 0.29) is 11.4 Å². The molecule has 0 spiro atoms. The zero-order valence-electron chi connectivity index (χ0n) is 10.4. The van der Waals surface area contributed by atoms with E-state index in [0.717, 1.165) is 23.1 Å². The molecule has 0 unspecified atom stereocenters. The normalized spacial score (nSPS) is 10.3. The maximum Gasteiger partial charge on any atom is 0.234 e. The Bertz CT molecular complexity index is 634. The first-order valence-electron chi connectivity index (χ1n) is 5.78. The molecule has 0 saturated carbocycles. The molecule has 2 aromatic carbocycles. The molecule has 2 aromatic rings. The summed E-state index contributed by atoms with van der Waals surface area (Å²) in [5, 5.41) is 2.33. The Hall–Kier alpha value is -2.08. The molecule has 0 aliphatic heterocycles. The number of benzene rings is 2. The average Bonchev–Trinajstić information content (AvgIpc) is 2.41. The van der Waals surface area contributed by atoms with Gasteiger partial charge in [0.25, 0.3) is 0 Å². The van der Waals surface area contributed by atoms with Gasteiger partial charge in [-0.2, -0.15) is 0 Å². The second kappa shape index (κ2) is 6.38. The zero-order chi connectivity index (χ0) is 14.5. The van der Waals surface area contributed by atoms with Crippen LogP contribution < -0.4 is 11.1 Å². The van der Waals surface area contributed by atoms with Gasteiger partial charge in [-0.3, -0.25) is 4.79 Å². The molecule has 0 aliphatic rings. The quantitative estimate of drug-likeness (QED) is 0.672. The molecule has 3 nitrogen and oxygen atoms in total. The van der Waals surface area contributed by atoms with Gasteiger partial charge in [0.2, 0.25) is 5.91 Å². The third-order valence-electron chi connectivity index (χ3n) is 2.43. The van der Waals surface area contributed by atoms with E-state index < -0.39 is 17.5 Å². The van der Waals surface area contributed by atoms with E-state index in [1.54, 1.807) is 18.2 Å². The van der Waals surface area contributed by atoms with Gasteiger partial charge in [0.15, 0.2) is 0 Å². The number of amides is 1. The van der Waals surface area contributed by atoms with Crippen LogP contribution in [0.4, 0.5) is 20.2 Å². The number of rotatable bonds is 4. The summed E-state index contributed by atoms with van der Waals surface area (Å²) in [6.45, 7) is 0. The van der Waals surface area contributed by atoms with E-state index in [0.29, 0.717) is 5.69 Å². The molecule has 0 heterocycles. The number of nitrogen functional groups attached to an aromatic ring is 1. The van der Waals surface area contributed by atoms with Crippen LogP contribution in [-0.2, 0) is 4.79 Å². The fourth-order valence-electron chi connectivity index (χ4n) is 1.53. The molecule has 20 heavy (non-hydrogen) atoms. The maximum atomic E-state index is 13.3. The number of hydrogen-bond donors (Lipinski definition) is 2. The molecule has 0 saturated heterocycles. The third kappa shape index (κ3) is 3.96. The Morgan fingerprint density at radius 1 is 1.20 bits per heavy atom. The molecule has 0 bridgehead atoms. The van der Waals surface area contributed by atoms with Crippen molar-refractivity contribution in [3.63, 3.8) is 0 Å². The molecule has 3 N–H and O–H groups in total. The van der Waals surface area contributed by atoms with Gasteiger partial charge in [-0.25, -0.2) is 8.78 Å². The largest absolute Gasteiger partial charge is 0.399 e. The Morgan fingerprint density at radius 2 is 2.00 bits per heavy atom. The number of anilines is 2. The lowest BCUT2D eigenvalue weighted by Crippen LogP contribution is -2.15. The van der Waals surface area contributed by atoms with Crippen molar-refractivity contribution in [2.45, 2.75) is 4.90 Å². The van der Waals surface area contributed by atoms with Crippen molar-refractivity contribution in [3.05, 3.63) is 54.1 Å². The fraction of sp³-hybridized carbons (Fsp3) is 0.0714. The maximum absolute atomic E-state index is 13.3. The van der Waals surface area contributed by atoms with Crippen molar-refractivity contribution < 1.29 is 13.6 Å². The number of carbonyl (C=O) groups is 1. The molecule has 0 fully saturated rings. The summed E-state index contributed by atoms with van der Waals surface area (Å²) < 4.78 is 26.3. The van der Waals surface area contributed by atoms with Crippen LogP contribution >= 0.6 is 11.8 Å². The van der Waals surface area contributed by atoms with Crippen LogP contribution in [0, 0.1) is 11.6 Å². The van der Waals surface area contributed by atoms with Crippen LogP contribution in [0.2, 0.25) is 0 Å². The summed E-state index contributed by atoms with van der Waals surface area (Å²) in [6.07, 6.45) is 0. The standard InChI is InChI=1S/C14H12F2N2OS/c15-9-4-5-12(16)13(6-9)18-14(19)8-20-11-3-1-2-10(17)7-11/h1-7H,8,17H2,(H,18,19). The van der Waals surface area contributed by atoms with Gasteiger partial charge in [-0.15, -0.1) is 11.8 Å². The zero-order valence-corrected chi connectivity index (χ0v) is 11.2. The molecule has 1 amide bonds. The van der Waals surface area contributed by atoms with Gasteiger partial charge < -0.3 is 11.1 Å². The minimum absolute atomic E-state index is 0.0827. The summed E-state index contributed by atoms with van der Waals surface area (Å²) in [4.78, 5) is 12.5. The van der Waals surface area contributed by atoms with Crippen LogP contribution in [-0.4, -0.2) is 11.7 Å². The summed E-state index contributed by atoms with van der Waals surface area (Å²) in [5.74, 6) is -1.61. The summed E-state index contributed by atoms with van der Waals surface area (Å²) >= 11 is 1.26. The molecule has 104 valence electrons. The van der Waals surface area contributed by atoms with Gasteiger partial charge in [0.1, 0.15) is 11.6 Å². The monoisotopic (exact) mass is 294 g/mol. The van der Waals surface area contributed by atoms with E-state index in [1.807, 2.05) is 6.07 Å². The molecule has 0 aliphatic carbocycles. The average molecular weight is 294 g/mol. The van der Waals surface area contributed by atoms with E-state index in [9.17, 15) is 13.6 Å². The van der Waals surface area contributed by atoms with Gasteiger partial charge in [0.05, 0.1) is 11.4 Å². The van der Waals surface area contributed by atoms with Crippen molar-refractivity contribution in [1.82, 2.24) is 0 Å². The van der Waals surface area contributed by atoms with Crippen molar-refractivity contribution in [1.29, 1.82) is 0 Å². The van der Waals surface area contributed by atoms with Gasteiger partial charge >= 0.3 is 0 Å². The van der Waals surface area contributed by atoms with Gasteiger partial charge in [-0.1, -0.05) is 6.07 Å². The number of nitrogens with one attached hydrogen (secondary N) is 1. The third-order valence-corrected chi connectivity index (χ3v) is 3.42. The predicted octanol–water partition coefficient (Wildman–Crippen LogP) is 3.28. The first kappa shape index (κ1) is 14.3. The van der Waals surface area contributed by atoms with Crippen LogP contribution in [0.25, 0.3) is 0 Å². The number of nitrogens with two attached hydrogens (primary N) is 1. The van der Waals surface area contributed by atoms with Crippen LogP contribution in [0.5, 0.6) is 0 Å². The lowest BCUT2D eigenvalue weighted by Gasteiger charge is -2.06. The number of hydrogen-bond acceptors (Lipinski definition) is 3. The molecular formula is C14H12F2N2OS. The summed E-state index contributed by atoms with van der Waals surface area (Å²) in [6, 6.07) is 9.98. The van der Waals surface area contributed by atoms with Crippen molar-refractivity contribution >= 4 is 29.0 Å². The molecule has 0 radical (unpaired) electrons.